The molecule has 7 heteroatoms. The predicted molar refractivity (Wildman–Crippen MR) is 69.6 cm³/mol. The highest BCUT2D eigenvalue weighted by atomic mass is 32.2. The highest BCUT2D eigenvalue weighted by Gasteiger charge is 2.30. The first-order valence-electron chi connectivity index (χ1n) is 5.75. The molecule has 0 spiro atoms. The Labute approximate surface area is 113 Å². The second kappa shape index (κ2) is 4.58. The van der Waals surface area contributed by atoms with Crippen molar-refractivity contribution in [2.24, 2.45) is 0 Å². The van der Waals surface area contributed by atoms with Gasteiger partial charge < -0.3 is 9.72 Å². The number of aromatic amines is 1. The second-order valence-electron chi connectivity index (χ2n) is 4.10. The van der Waals surface area contributed by atoms with Crippen molar-refractivity contribution in [3.8, 4) is 5.75 Å². The molecule has 0 bridgehead atoms. The largest absolute Gasteiger partial charge is 0.497 e. The molecule has 1 aromatic carbocycles. The molecule has 1 N–H and O–H groups in total. The van der Waals surface area contributed by atoms with Crippen LogP contribution in [0, 0.1) is 0 Å². The van der Waals surface area contributed by atoms with Crippen molar-refractivity contribution in [2.45, 2.75) is 18.0 Å². The summed E-state index contributed by atoms with van der Waals surface area (Å²) in [5, 5.41) is 0.520. The smallest absolute Gasteiger partial charge is 0.240 e. The average Bonchev–Trinajstić information content (AvgIpc) is 2.95. The number of aromatic nitrogens is 2. The quantitative estimate of drug-likeness (QED) is 0.683. The Morgan fingerprint density at radius 1 is 1.32 bits per heavy atom. The molecule has 0 atom stereocenters. The molecular weight excluding hydrogens is 266 g/mol. The number of carbonyl (C=O) groups is 2. The van der Waals surface area contributed by atoms with E-state index in [0.717, 1.165) is 33.0 Å². The van der Waals surface area contributed by atoms with Crippen LogP contribution in [0.4, 0.5) is 0 Å². The normalized spacial score (nSPS) is 15.5. The summed E-state index contributed by atoms with van der Waals surface area (Å²) in [5.74, 6) is 0.377. The molecule has 3 rings (SSSR count). The van der Waals surface area contributed by atoms with Gasteiger partial charge in [0.1, 0.15) is 5.75 Å². The summed E-state index contributed by atoms with van der Waals surface area (Å²) in [6.07, 6.45) is 0.555. The van der Waals surface area contributed by atoms with Crippen LogP contribution in [0.5, 0.6) is 5.75 Å². The molecule has 0 saturated carbocycles. The lowest BCUT2D eigenvalue weighted by Crippen LogP contribution is -2.21. The van der Waals surface area contributed by atoms with Crippen LogP contribution in [-0.2, 0) is 9.59 Å². The van der Waals surface area contributed by atoms with Crippen molar-refractivity contribution in [2.75, 3.05) is 7.11 Å². The molecule has 1 aliphatic rings. The fourth-order valence-corrected chi connectivity index (χ4v) is 2.73. The number of imide groups is 1. The van der Waals surface area contributed by atoms with Crippen molar-refractivity contribution in [3.63, 3.8) is 0 Å². The molecule has 2 heterocycles. The number of imidazole rings is 1. The molecule has 98 valence electrons. The first-order valence-corrected chi connectivity index (χ1v) is 6.52. The minimum Gasteiger partial charge on any atom is -0.497 e. The minimum atomic E-state index is -0.173. The Morgan fingerprint density at radius 3 is 2.74 bits per heavy atom. The number of fused-ring (bicyclic) bond motifs is 1. The molecule has 1 saturated heterocycles. The van der Waals surface area contributed by atoms with E-state index in [1.54, 1.807) is 7.11 Å². The van der Waals surface area contributed by atoms with Crippen LogP contribution < -0.4 is 4.74 Å². The Morgan fingerprint density at radius 2 is 2.05 bits per heavy atom. The van der Waals surface area contributed by atoms with Crippen molar-refractivity contribution in [1.29, 1.82) is 0 Å². The van der Waals surface area contributed by atoms with Gasteiger partial charge in [-0.25, -0.2) is 9.29 Å². The van der Waals surface area contributed by atoms with E-state index in [0.29, 0.717) is 5.16 Å². The number of hydrogen-bond donors (Lipinski definition) is 1. The highest BCUT2D eigenvalue weighted by molar-refractivity contribution is 7.97. The maximum absolute atomic E-state index is 11.5. The van der Waals surface area contributed by atoms with Gasteiger partial charge in [0.2, 0.25) is 11.8 Å². The summed E-state index contributed by atoms with van der Waals surface area (Å²) in [5.41, 5.74) is 1.57. The van der Waals surface area contributed by atoms with Gasteiger partial charge in [0.15, 0.2) is 5.16 Å². The second-order valence-corrected chi connectivity index (χ2v) is 5.03. The monoisotopic (exact) mass is 277 g/mol. The maximum Gasteiger partial charge on any atom is 0.240 e. The van der Waals surface area contributed by atoms with Gasteiger partial charge in [-0.15, -0.1) is 0 Å². The van der Waals surface area contributed by atoms with Gasteiger partial charge in [0.05, 0.1) is 18.1 Å². The summed E-state index contributed by atoms with van der Waals surface area (Å²) in [7, 11) is 1.59. The highest BCUT2D eigenvalue weighted by Crippen LogP contribution is 2.29. The number of H-pyrrole nitrogens is 1. The molecule has 0 unspecified atom stereocenters. The lowest BCUT2D eigenvalue weighted by atomic mass is 10.3. The standard InChI is InChI=1S/C12H11N3O3S/c1-18-7-2-3-8-9(6-7)14-12(13-8)19-15-10(16)4-5-11(15)17/h2-3,6H,4-5H2,1H3,(H,13,14). The van der Waals surface area contributed by atoms with E-state index in [2.05, 4.69) is 9.97 Å². The van der Waals surface area contributed by atoms with Gasteiger partial charge in [-0.2, -0.15) is 0 Å². The molecule has 0 aliphatic carbocycles. The Hall–Kier alpha value is -2.02. The van der Waals surface area contributed by atoms with Gasteiger partial charge in [-0.1, -0.05) is 0 Å². The third-order valence-electron chi connectivity index (χ3n) is 2.85. The van der Waals surface area contributed by atoms with E-state index >= 15 is 0 Å². The number of hydrogen-bond acceptors (Lipinski definition) is 5. The zero-order valence-corrected chi connectivity index (χ0v) is 11.0. The zero-order chi connectivity index (χ0) is 13.4. The fraction of sp³-hybridized carbons (Fsp3) is 0.250. The van der Waals surface area contributed by atoms with Crippen LogP contribution in [0.1, 0.15) is 12.8 Å². The van der Waals surface area contributed by atoms with Crippen LogP contribution in [0.2, 0.25) is 0 Å². The summed E-state index contributed by atoms with van der Waals surface area (Å²) in [6.45, 7) is 0. The lowest BCUT2D eigenvalue weighted by Gasteiger charge is -2.08. The zero-order valence-electron chi connectivity index (χ0n) is 10.2. The van der Waals surface area contributed by atoms with Crippen molar-refractivity contribution >= 4 is 34.8 Å². The van der Waals surface area contributed by atoms with Crippen LogP contribution in [-0.4, -0.2) is 33.2 Å². The summed E-state index contributed by atoms with van der Waals surface area (Å²) >= 11 is 1.03. The number of nitrogens with one attached hydrogen (secondary N) is 1. The first-order chi connectivity index (χ1) is 9.17. The average molecular weight is 277 g/mol. The molecule has 0 radical (unpaired) electrons. The third-order valence-corrected chi connectivity index (χ3v) is 3.81. The number of nitrogens with zero attached hydrogens (tertiary/aromatic N) is 2. The van der Waals surface area contributed by atoms with E-state index in [4.69, 9.17) is 4.74 Å². The molecule has 1 aromatic heterocycles. The van der Waals surface area contributed by atoms with E-state index in [-0.39, 0.29) is 24.7 Å². The van der Waals surface area contributed by atoms with Gasteiger partial charge >= 0.3 is 0 Å². The summed E-state index contributed by atoms with van der Waals surface area (Å²) < 4.78 is 6.29. The van der Waals surface area contributed by atoms with Gasteiger partial charge in [0, 0.05) is 30.9 Å². The first kappa shape index (κ1) is 12.0. The van der Waals surface area contributed by atoms with E-state index in [1.165, 1.54) is 0 Å². The Balaban J connectivity index is 1.89. The van der Waals surface area contributed by atoms with Crippen molar-refractivity contribution in [1.82, 2.24) is 14.3 Å². The predicted octanol–water partition coefficient (Wildman–Crippen LogP) is 1.73. The van der Waals surface area contributed by atoms with E-state index in [9.17, 15) is 9.59 Å². The summed E-state index contributed by atoms with van der Waals surface area (Å²) in [4.78, 5) is 30.4. The number of methoxy groups -OCH3 is 1. The number of carbonyl (C=O) groups excluding carboxylic acids is 2. The van der Waals surface area contributed by atoms with Crippen molar-refractivity contribution in [3.05, 3.63) is 18.2 Å². The lowest BCUT2D eigenvalue weighted by molar-refractivity contribution is -0.131. The number of ether oxygens (including phenoxy) is 1. The Bertz CT molecular complexity index is 651. The summed E-state index contributed by atoms with van der Waals surface area (Å²) in [6, 6.07) is 5.45. The number of benzene rings is 1. The fourth-order valence-electron chi connectivity index (χ4n) is 1.88. The van der Waals surface area contributed by atoms with Gasteiger partial charge in [-0.05, 0) is 12.1 Å². The third kappa shape index (κ3) is 2.17. The van der Waals surface area contributed by atoms with Gasteiger partial charge in [-0.3, -0.25) is 9.59 Å². The maximum atomic E-state index is 11.5. The number of amides is 2. The van der Waals surface area contributed by atoms with Crippen LogP contribution in [0.15, 0.2) is 23.4 Å². The van der Waals surface area contributed by atoms with Crippen LogP contribution in [0.25, 0.3) is 11.0 Å². The molecule has 19 heavy (non-hydrogen) atoms. The van der Waals surface area contributed by atoms with Crippen molar-refractivity contribution < 1.29 is 14.3 Å². The molecule has 6 nitrogen and oxygen atoms in total. The van der Waals surface area contributed by atoms with E-state index < -0.39 is 0 Å². The molecule has 2 aromatic rings. The van der Waals surface area contributed by atoms with Gasteiger partial charge in [0.25, 0.3) is 0 Å². The van der Waals surface area contributed by atoms with Crippen LogP contribution >= 0.6 is 11.9 Å². The molecule has 1 aliphatic heterocycles. The topological polar surface area (TPSA) is 75.3 Å². The molecule has 1 fully saturated rings. The van der Waals surface area contributed by atoms with Crippen LogP contribution in [0.3, 0.4) is 0 Å². The Kier molecular flexibility index (Phi) is 2.90. The minimum absolute atomic E-state index is 0.173. The van der Waals surface area contributed by atoms with E-state index in [1.807, 2.05) is 18.2 Å². The molecule has 2 amide bonds. The SMILES string of the molecule is COc1ccc2nc(SN3C(=O)CCC3=O)[nH]c2c1. The number of rotatable bonds is 3. The molecular formula is C12H11N3O3S.